The summed E-state index contributed by atoms with van der Waals surface area (Å²) >= 11 is 4.59. The van der Waals surface area contributed by atoms with E-state index in [4.69, 9.17) is 0 Å². The second kappa shape index (κ2) is 4.56. The molecular weight excluding hydrogens is 220 g/mol. The topological polar surface area (TPSA) is 32.7 Å². The van der Waals surface area contributed by atoms with Gasteiger partial charge in [-0.3, -0.25) is 4.79 Å². The molecule has 0 radical (unpaired) electrons. The first-order chi connectivity index (χ1) is 7.79. The number of nitrogens with zero attached hydrogens (tertiary/aromatic N) is 2. The third-order valence-corrected chi connectivity index (χ3v) is 2.76. The molecule has 3 nitrogen and oxygen atoms in total. The van der Waals surface area contributed by atoms with Crippen LogP contribution < -0.4 is 4.90 Å². The zero-order chi connectivity index (χ0) is 11.5. The summed E-state index contributed by atoms with van der Waals surface area (Å²) in [5.74, 6) is 0.000370. The highest BCUT2D eigenvalue weighted by atomic mass is 32.1. The Hall–Kier alpha value is -1.51. The molecule has 1 aromatic carbocycles. The SMILES string of the molecule is CCCN1C(=O)C(N=C=S)c2ccccc21. The van der Waals surface area contributed by atoms with E-state index in [0.29, 0.717) is 0 Å². The molecule has 0 aliphatic carbocycles. The van der Waals surface area contributed by atoms with Crippen LogP contribution in [0.2, 0.25) is 0 Å². The first-order valence-electron chi connectivity index (χ1n) is 5.27. The van der Waals surface area contributed by atoms with E-state index in [0.717, 1.165) is 24.2 Å². The molecule has 16 heavy (non-hydrogen) atoms. The van der Waals surface area contributed by atoms with Crippen LogP contribution in [0, 0.1) is 0 Å². The van der Waals surface area contributed by atoms with Crippen LogP contribution in [0.1, 0.15) is 24.9 Å². The molecule has 1 aliphatic rings. The molecule has 2 rings (SSSR count). The summed E-state index contributed by atoms with van der Waals surface area (Å²) in [5.41, 5.74) is 1.88. The Morgan fingerprint density at radius 1 is 1.50 bits per heavy atom. The molecule has 1 aromatic rings. The molecule has 0 saturated carbocycles. The lowest BCUT2D eigenvalue weighted by atomic mass is 10.1. The van der Waals surface area contributed by atoms with E-state index in [2.05, 4.69) is 22.4 Å². The summed E-state index contributed by atoms with van der Waals surface area (Å²) in [4.78, 5) is 17.8. The van der Waals surface area contributed by atoms with Crippen LogP contribution >= 0.6 is 12.2 Å². The number of fused-ring (bicyclic) bond motifs is 1. The maximum absolute atomic E-state index is 12.1. The molecule has 0 bridgehead atoms. The van der Waals surface area contributed by atoms with Crippen molar-refractivity contribution < 1.29 is 4.79 Å². The van der Waals surface area contributed by atoms with Gasteiger partial charge in [0.05, 0.1) is 5.16 Å². The minimum absolute atomic E-state index is 0.000370. The molecule has 0 fully saturated rings. The highest BCUT2D eigenvalue weighted by molar-refractivity contribution is 7.78. The molecule has 1 atom stereocenters. The lowest BCUT2D eigenvalue weighted by Crippen LogP contribution is -2.28. The van der Waals surface area contributed by atoms with Gasteiger partial charge in [-0.15, -0.1) is 0 Å². The van der Waals surface area contributed by atoms with Gasteiger partial charge in [-0.2, -0.15) is 0 Å². The fraction of sp³-hybridized carbons (Fsp3) is 0.333. The maximum Gasteiger partial charge on any atom is 0.257 e. The predicted molar refractivity (Wildman–Crippen MR) is 66.9 cm³/mol. The van der Waals surface area contributed by atoms with Crippen molar-refractivity contribution in [3.63, 3.8) is 0 Å². The Kier molecular flexibility index (Phi) is 3.13. The largest absolute Gasteiger partial charge is 0.310 e. The zero-order valence-corrected chi connectivity index (χ0v) is 9.83. The van der Waals surface area contributed by atoms with Gasteiger partial charge in [0.25, 0.3) is 5.91 Å². The smallest absolute Gasteiger partial charge is 0.257 e. The summed E-state index contributed by atoms with van der Waals surface area (Å²) in [6.07, 6.45) is 0.925. The Bertz CT molecular complexity index is 466. The van der Waals surface area contributed by atoms with E-state index >= 15 is 0 Å². The standard InChI is InChI=1S/C12H12N2OS/c1-2-7-14-10-6-4-3-5-9(10)11(12(14)15)13-8-16/h3-6,11H,2,7H2,1H3. The Labute approximate surface area is 99.8 Å². The monoisotopic (exact) mass is 232 g/mol. The molecular formula is C12H12N2OS. The number of anilines is 1. The van der Waals surface area contributed by atoms with Crippen molar-refractivity contribution >= 4 is 29.0 Å². The van der Waals surface area contributed by atoms with E-state index in [1.165, 1.54) is 0 Å². The van der Waals surface area contributed by atoms with E-state index < -0.39 is 6.04 Å². The lowest BCUT2D eigenvalue weighted by molar-refractivity contribution is -0.119. The van der Waals surface area contributed by atoms with Crippen molar-refractivity contribution in [3.8, 4) is 0 Å². The molecule has 1 unspecified atom stereocenters. The summed E-state index contributed by atoms with van der Waals surface area (Å²) in [6, 6.07) is 7.22. The number of carbonyl (C=O) groups is 1. The minimum Gasteiger partial charge on any atom is -0.310 e. The van der Waals surface area contributed by atoms with Crippen LogP contribution in [0.4, 0.5) is 5.69 Å². The summed E-state index contributed by atoms with van der Waals surface area (Å²) < 4.78 is 0. The van der Waals surface area contributed by atoms with Crippen LogP contribution in [0.15, 0.2) is 29.3 Å². The third kappa shape index (κ3) is 1.66. The molecule has 1 heterocycles. The van der Waals surface area contributed by atoms with Crippen molar-refractivity contribution in [2.45, 2.75) is 19.4 Å². The van der Waals surface area contributed by atoms with Crippen molar-refractivity contribution in [2.75, 3.05) is 11.4 Å². The molecule has 1 amide bonds. The van der Waals surface area contributed by atoms with Gasteiger partial charge in [-0.25, -0.2) is 4.99 Å². The average Bonchev–Trinajstić information content (AvgIpc) is 2.56. The highest BCUT2D eigenvalue weighted by Gasteiger charge is 2.36. The molecule has 0 spiro atoms. The first kappa shape index (κ1) is 11.0. The van der Waals surface area contributed by atoms with Crippen molar-refractivity contribution in [2.24, 2.45) is 4.99 Å². The Morgan fingerprint density at radius 3 is 2.94 bits per heavy atom. The maximum atomic E-state index is 12.1. The number of isothiocyanates is 1. The van der Waals surface area contributed by atoms with E-state index in [9.17, 15) is 4.79 Å². The number of hydrogen-bond donors (Lipinski definition) is 0. The number of thiocarbonyl (C=S) groups is 1. The summed E-state index contributed by atoms with van der Waals surface area (Å²) in [6.45, 7) is 2.77. The number of rotatable bonds is 3. The number of hydrogen-bond acceptors (Lipinski definition) is 3. The van der Waals surface area contributed by atoms with Crippen molar-refractivity contribution in [1.82, 2.24) is 0 Å². The quantitative estimate of drug-likeness (QED) is 0.592. The van der Waals surface area contributed by atoms with Crippen molar-refractivity contribution in [3.05, 3.63) is 29.8 Å². The van der Waals surface area contributed by atoms with Gasteiger partial charge in [0.1, 0.15) is 0 Å². The van der Waals surface area contributed by atoms with Crippen LogP contribution in [0.5, 0.6) is 0 Å². The van der Waals surface area contributed by atoms with Crippen LogP contribution in [0.25, 0.3) is 0 Å². The van der Waals surface area contributed by atoms with Crippen LogP contribution in [-0.4, -0.2) is 17.6 Å². The van der Waals surface area contributed by atoms with E-state index in [-0.39, 0.29) is 5.91 Å². The number of para-hydroxylation sites is 1. The molecule has 4 heteroatoms. The number of carbonyl (C=O) groups excluding carboxylic acids is 1. The van der Waals surface area contributed by atoms with Gasteiger partial charge in [0.2, 0.25) is 0 Å². The average molecular weight is 232 g/mol. The Balaban J connectivity index is 2.48. The minimum atomic E-state index is -0.486. The van der Waals surface area contributed by atoms with Crippen molar-refractivity contribution in [1.29, 1.82) is 0 Å². The van der Waals surface area contributed by atoms with Gasteiger partial charge < -0.3 is 4.90 Å². The molecule has 0 N–H and O–H groups in total. The summed E-state index contributed by atoms with van der Waals surface area (Å²) in [7, 11) is 0. The highest BCUT2D eigenvalue weighted by Crippen LogP contribution is 2.37. The molecule has 1 aliphatic heterocycles. The van der Waals surface area contributed by atoms with E-state index in [1.54, 1.807) is 4.90 Å². The molecule has 82 valence electrons. The number of amides is 1. The fourth-order valence-corrected chi connectivity index (χ4v) is 2.10. The second-order valence-electron chi connectivity index (χ2n) is 3.67. The molecule has 0 aromatic heterocycles. The van der Waals surface area contributed by atoms with Gasteiger partial charge in [0, 0.05) is 17.8 Å². The van der Waals surface area contributed by atoms with E-state index in [1.807, 2.05) is 31.2 Å². The number of benzene rings is 1. The Morgan fingerprint density at radius 2 is 2.25 bits per heavy atom. The van der Waals surface area contributed by atoms with Gasteiger partial charge in [-0.1, -0.05) is 25.1 Å². The summed E-state index contributed by atoms with van der Waals surface area (Å²) in [5, 5.41) is 2.30. The lowest BCUT2D eigenvalue weighted by Gasteiger charge is -2.15. The first-order valence-corrected chi connectivity index (χ1v) is 5.67. The van der Waals surface area contributed by atoms with Gasteiger partial charge in [-0.05, 0) is 24.7 Å². The normalized spacial score (nSPS) is 18.2. The second-order valence-corrected chi connectivity index (χ2v) is 3.85. The zero-order valence-electron chi connectivity index (χ0n) is 9.01. The van der Waals surface area contributed by atoms with Gasteiger partial charge >= 0.3 is 0 Å². The molecule has 0 saturated heterocycles. The fourth-order valence-electron chi connectivity index (χ4n) is 2.00. The van der Waals surface area contributed by atoms with Crippen LogP contribution in [0.3, 0.4) is 0 Å². The third-order valence-electron chi connectivity index (χ3n) is 2.65. The van der Waals surface area contributed by atoms with Crippen LogP contribution in [-0.2, 0) is 4.79 Å². The predicted octanol–water partition coefficient (Wildman–Crippen LogP) is 2.59. The number of aliphatic imine (C=N–C) groups is 1. The van der Waals surface area contributed by atoms with Gasteiger partial charge in [0.15, 0.2) is 6.04 Å².